The second-order valence-electron chi connectivity index (χ2n) is 9.79. The number of phosphoric ester groups is 1. The lowest BCUT2D eigenvalue weighted by Gasteiger charge is -2.11. The standard InChI is InChI=1S/C26H24F2N5O4P/c1-14(2)18-9-16(5-7-20(18)27)22-12-33-23(10-29-22)30-25(15-3-4-15)26(33)17-6-8-21-19(24(17)28)11-32(31-21)13-37-38(34,35)36/h5-12,14-15H,3-4,13H2,1-2H3,(H2,34,35,36). The number of fused-ring (bicyclic) bond motifs is 2. The van der Waals surface area contributed by atoms with Crippen LogP contribution >= 0.6 is 7.82 Å². The Hall–Kier alpha value is -3.50. The van der Waals surface area contributed by atoms with Crippen molar-refractivity contribution in [1.29, 1.82) is 0 Å². The van der Waals surface area contributed by atoms with Crippen molar-refractivity contribution in [3.63, 3.8) is 0 Å². The molecule has 0 amide bonds. The first-order chi connectivity index (χ1) is 18.1. The molecule has 0 atom stereocenters. The molecule has 3 aromatic heterocycles. The predicted octanol–water partition coefficient (Wildman–Crippen LogP) is 5.76. The van der Waals surface area contributed by atoms with Crippen molar-refractivity contribution < 1.29 is 27.7 Å². The molecule has 0 saturated heterocycles. The molecule has 0 radical (unpaired) electrons. The van der Waals surface area contributed by atoms with Gasteiger partial charge in [-0.15, -0.1) is 0 Å². The number of benzene rings is 2. The predicted molar refractivity (Wildman–Crippen MR) is 136 cm³/mol. The summed E-state index contributed by atoms with van der Waals surface area (Å²) in [5.74, 6) is -0.596. The van der Waals surface area contributed by atoms with Gasteiger partial charge in [-0.2, -0.15) is 5.10 Å². The summed E-state index contributed by atoms with van der Waals surface area (Å²) in [6, 6.07) is 8.17. The summed E-state index contributed by atoms with van der Waals surface area (Å²) >= 11 is 0. The van der Waals surface area contributed by atoms with Gasteiger partial charge in [0.2, 0.25) is 0 Å². The van der Waals surface area contributed by atoms with Gasteiger partial charge in [0.25, 0.3) is 0 Å². The van der Waals surface area contributed by atoms with Gasteiger partial charge in [-0.25, -0.2) is 23.0 Å². The minimum atomic E-state index is -4.71. The highest BCUT2D eigenvalue weighted by atomic mass is 31.2. The van der Waals surface area contributed by atoms with Crippen LogP contribution in [0.15, 0.2) is 48.9 Å². The van der Waals surface area contributed by atoms with Gasteiger partial charge in [0.1, 0.15) is 11.6 Å². The molecular weight excluding hydrogens is 515 g/mol. The Kier molecular flexibility index (Phi) is 5.92. The maximum atomic E-state index is 16.0. The minimum absolute atomic E-state index is 0.00205. The lowest BCUT2D eigenvalue weighted by Crippen LogP contribution is -2.01. The van der Waals surface area contributed by atoms with Crippen LogP contribution in [0.5, 0.6) is 0 Å². The van der Waals surface area contributed by atoms with Crippen LogP contribution in [0.1, 0.15) is 49.8 Å². The summed E-state index contributed by atoms with van der Waals surface area (Å²) in [7, 11) is -4.71. The molecule has 1 fully saturated rings. The van der Waals surface area contributed by atoms with Crippen molar-refractivity contribution in [1.82, 2.24) is 24.1 Å². The first-order valence-corrected chi connectivity index (χ1v) is 13.7. The van der Waals surface area contributed by atoms with E-state index in [2.05, 4.69) is 14.6 Å². The number of hydrogen-bond donors (Lipinski definition) is 2. The highest BCUT2D eigenvalue weighted by molar-refractivity contribution is 7.46. The molecule has 6 rings (SSSR count). The summed E-state index contributed by atoms with van der Waals surface area (Å²) in [4.78, 5) is 27.3. The molecule has 1 aliphatic carbocycles. The van der Waals surface area contributed by atoms with Gasteiger partial charge in [-0.3, -0.25) is 13.9 Å². The van der Waals surface area contributed by atoms with Crippen molar-refractivity contribution in [3.05, 3.63) is 71.8 Å². The zero-order chi connectivity index (χ0) is 26.8. The zero-order valence-electron chi connectivity index (χ0n) is 20.5. The molecule has 1 saturated carbocycles. The topological polar surface area (TPSA) is 115 Å². The van der Waals surface area contributed by atoms with Crippen LogP contribution in [0.2, 0.25) is 0 Å². The van der Waals surface area contributed by atoms with Gasteiger partial charge in [0.05, 0.1) is 34.2 Å². The quantitative estimate of drug-likeness (QED) is 0.253. The van der Waals surface area contributed by atoms with Crippen molar-refractivity contribution in [2.45, 2.75) is 45.3 Å². The van der Waals surface area contributed by atoms with Gasteiger partial charge in [0.15, 0.2) is 12.4 Å². The van der Waals surface area contributed by atoms with Crippen LogP contribution in [-0.2, 0) is 15.8 Å². The van der Waals surface area contributed by atoms with Crippen molar-refractivity contribution in [2.75, 3.05) is 0 Å². The SMILES string of the molecule is CC(C)c1cc(-c2cn3c(-c4ccc5nn(COP(=O)(O)O)cc5c4F)c(C4CC4)nc3cn2)ccc1F. The number of imidazole rings is 1. The molecule has 0 bridgehead atoms. The van der Waals surface area contributed by atoms with E-state index in [0.29, 0.717) is 33.7 Å². The molecule has 12 heteroatoms. The lowest BCUT2D eigenvalue weighted by molar-refractivity contribution is 0.146. The maximum Gasteiger partial charge on any atom is 0.471 e. The summed E-state index contributed by atoms with van der Waals surface area (Å²) in [5, 5.41) is 4.34. The summed E-state index contributed by atoms with van der Waals surface area (Å²) in [6.07, 6.45) is 6.68. The largest absolute Gasteiger partial charge is 0.471 e. The number of phosphoric acid groups is 1. The molecule has 0 spiro atoms. The molecule has 196 valence electrons. The Labute approximate surface area is 216 Å². The van der Waals surface area contributed by atoms with E-state index in [4.69, 9.17) is 14.8 Å². The first-order valence-electron chi connectivity index (χ1n) is 12.1. The zero-order valence-corrected chi connectivity index (χ0v) is 21.4. The second-order valence-corrected chi connectivity index (χ2v) is 11.0. The van der Waals surface area contributed by atoms with Crippen LogP contribution in [0.3, 0.4) is 0 Å². The third-order valence-corrected chi connectivity index (χ3v) is 7.15. The fourth-order valence-corrected chi connectivity index (χ4v) is 4.94. The third-order valence-electron chi connectivity index (χ3n) is 6.70. The van der Waals surface area contributed by atoms with Crippen LogP contribution in [0, 0.1) is 11.6 Å². The number of rotatable bonds is 7. The molecule has 9 nitrogen and oxygen atoms in total. The fourth-order valence-electron chi connectivity index (χ4n) is 4.67. The highest BCUT2D eigenvalue weighted by Gasteiger charge is 2.32. The van der Waals surface area contributed by atoms with Gasteiger partial charge >= 0.3 is 7.82 Å². The highest BCUT2D eigenvalue weighted by Crippen LogP contribution is 2.45. The Balaban J connectivity index is 1.49. The number of aromatic nitrogens is 5. The van der Waals surface area contributed by atoms with E-state index in [9.17, 15) is 8.96 Å². The smallest absolute Gasteiger partial charge is 0.303 e. The summed E-state index contributed by atoms with van der Waals surface area (Å²) < 4.78 is 48.8. The average Bonchev–Trinajstić information content (AvgIpc) is 3.51. The fraction of sp³-hybridized carbons (Fsp3) is 0.269. The van der Waals surface area contributed by atoms with E-state index in [1.54, 1.807) is 36.7 Å². The van der Waals surface area contributed by atoms with E-state index in [1.807, 2.05) is 18.2 Å². The van der Waals surface area contributed by atoms with E-state index < -0.39 is 20.4 Å². The normalized spacial score (nSPS) is 14.3. The van der Waals surface area contributed by atoms with Gasteiger partial charge in [-0.05, 0) is 54.7 Å². The molecule has 2 N–H and O–H groups in total. The third kappa shape index (κ3) is 4.52. The molecule has 3 heterocycles. The lowest BCUT2D eigenvalue weighted by atomic mass is 9.99. The Morgan fingerprint density at radius 2 is 1.95 bits per heavy atom. The van der Waals surface area contributed by atoms with Crippen LogP contribution in [0.25, 0.3) is 39.1 Å². The molecule has 0 unspecified atom stereocenters. The number of hydrogen-bond acceptors (Lipinski definition) is 5. The maximum absolute atomic E-state index is 16.0. The monoisotopic (exact) mass is 539 g/mol. The van der Waals surface area contributed by atoms with Crippen molar-refractivity contribution in [2.24, 2.45) is 0 Å². The van der Waals surface area contributed by atoms with Crippen LogP contribution in [-0.4, -0.2) is 33.9 Å². The first kappa shape index (κ1) is 24.8. The molecular formula is C26H24F2N5O4P. The van der Waals surface area contributed by atoms with E-state index in [-0.39, 0.29) is 23.0 Å². The van der Waals surface area contributed by atoms with Crippen LogP contribution in [0.4, 0.5) is 8.78 Å². The number of halogens is 2. The van der Waals surface area contributed by atoms with E-state index >= 15 is 4.39 Å². The summed E-state index contributed by atoms with van der Waals surface area (Å²) in [6.45, 7) is 3.32. The molecule has 5 aromatic rings. The van der Waals surface area contributed by atoms with Gasteiger partial charge < -0.3 is 9.79 Å². The molecule has 38 heavy (non-hydrogen) atoms. The Morgan fingerprint density at radius 1 is 1.16 bits per heavy atom. The molecule has 1 aliphatic rings. The van der Waals surface area contributed by atoms with Crippen molar-refractivity contribution >= 4 is 24.4 Å². The van der Waals surface area contributed by atoms with Gasteiger partial charge in [0, 0.05) is 29.4 Å². The van der Waals surface area contributed by atoms with E-state index in [0.717, 1.165) is 28.8 Å². The number of nitrogens with zero attached hydrogens (tertiary/aromatic N) is 5. The van der Waals surface area contributed by atoms with Crippen LogP contribution < -0.4 is 0 Å². The summed E-state index contributed by atoms with van der Waals surface area (Å²) in [5.41, 5.74) is 4.53. The minimum Gasteiger partial charge on any atom is -0.303 e. The Bertz CT molecular complexity index is 1760. The molecule has 0 aliphatic heterocycles. The molecule has 2 aromatic carbocycles. The second kappa shape index (κ2) is 9.06. The van der Waals surface area contributed by atoms with Crippen molar-refractivity contribution in [3.8, 4) is 22.5 Å². The Morgan fingerprint density at radius 3 is 2.66 bits per heavy atom. The van der Waals surface area contributed by atoms with Gasteiger partial charge in [-0.1, -0.05) is 13.8 Å². The van der Waals surface area contributed by atoms with E-state index in [1.165, 1.54) is 12.3 Å². The average molecular weight is 539 g/mol.